The molecule has 0 aliphatic carbocycles. The highest BCUT2D eigenvalue weighted by atomic mass is 32.2. The Kier molecular flexibility index (Phi) is 5.52. The summed E-state index contributed by atoms with van der Waals surface area (Å²) in [6.45, 7) is -0.490. The highest BCUT2D eigenvalue weighted by Gasteiger charge is 2.43. The maximum absolute atomic E-state index is 13.0. The zero-order valence-corrected chi connectivity index (χ0v) is 13.3. The van der Waals surface area contributed by atoms with Gasteiger partial charge in [-0.05, 0) is 24.3 Å². The van der Waals surface area contributed by atoms with Gasteiger partial charge in [-0.3, -0.25) is 4.79 Å². The lowest BCUT2D eigenvalue weighted by atomic mass is 10.2. The fourth-order valence-electron chi connectivity index (χ4n) is 2.44. The zero-order valence-electron chi connectivity index (χ0n) is 12.5. The van der Waals surface area contributed by atoms with Gasteiger partial charge in [-0.1, -0.05) is 0 Å². The Balaban J connectivity index is 2.18. The number of nitrogens with zero attached hydrogens (tertiary/aromatic N) is 1. The molecular formula is C14H16FN2O6S-. The Labute approximate surface area is 137 Å². The second-order valence-electron chi connectivity index (χ2n) is 5.35. The number of rotatable bonds is 6. The van der Waals surface area contributed by atoms with Crippen molar-refractivity contribution in [2.24, 2.45) is 0 Å². The third-order valence-corrected chi connectivity index (χ3v) is 5.47. The van der Waals surface area contributed by atoms with Gasteiger partial charge in [-0.2, -0.15) is 4.31 Å². The first-order valence-electron chi connectivity index (χ1n) is 7.15. The van der Waals surface area contributed by atoms with Crippen molar-refractivity contribution in [3.05, 3.63) is 30.1 Å². The Bertz CT molecular complexity index is 721. The van der Waals surface area contributed by atoms with Gasteiger partial charge < -0.3 is 20.3 Å². The molecule has 0 spiro atoms. The van der Waals surface area contributed by atoms with Crippen LogP contribution in [0.2, 0.25) is 0 Å². The molecule has 24 heavy (non-hydrogen) atoms. The fraction of sp³-hybridized carbons (Fsp3) is 0.429. The van der Waals surface area contributed by atoms with Gasteiger partial charge in [-0.25, -0.2) is 12.8 Å². The molecule has 1 aliphatic rings. The van der Waals surface area contributed by atoms with Gasteiger partial charge in [0.2, 0.25) is 15.9 Å². The smallest absolute Gasteiger partial charge is 0.243 e. The van der Waals surface area contributed by atoms with E-state index < -0.39 is 46.3 Å². The summed E-state index contributed by atoms with van der Waals surface area (Å²) in [6, 6.07) is 2.93. The quantitative estimate of drug-likeness (QED) is 0.617. The second kappa shape index (κ2) is 7.24. The van der Waals surface area contributed by atoms with Crippen LogP contribution >= 0.6 is 0 Å². The summed E-state index contributed by atoms with van der Waals surface area (Å²) >= 11 is 0. The van der Waals surface area contributed by atoms with E-state index in [4.69, 9.17) is 0 Å². The highest BCUT2D eigenvalue weighted by Crippen LogP contribution is 2.26. The van der Waals surface area contributed by atoms with E-state index in [2.05, 4.69) is 5.32 Å². The van der Waals surface area contributed by atoms with Crippen molar-refractivity contribution in [3.8, 4) is 0 Å². The third-order valence-electron chi connectivity index (χ3n) is 3.58. The molecule has 1 aliphatic heterocycles. The van der Waals surface area contributed by atoms with Crippen LogP contribution in [0.15, 0.2) is 29.2 Å². The number of benzene rings is 1. The van der Waals surface area contributed by atoms with Crippen molar-refractivity contribution >= 4 is 21.9 Å². The summed E-state index contributed by atoms with van der Waals surface area (Å²) in [7, 11) is -4.11. The monoisotopic (exact) mass is 359 g/mol. The van der Waals surface area contributed by atoms with Crippen molar-refractivity contribution < 1.29 is 32.6 Å². The summed E-state index contributed by atoms with van der Waals surface area (Å²) < 4.78 is 39.0. The van der Waals surface area contributed by atoms with Crippen LogP contribution in [0.5, 0.6) is 0 Å². The van der Waals surface area contributed by atoms with Crippen LogP contribution in [-0.2, 0) is 19.6 Å². The van der Waals surface area contributed by atoms with Crippen LogP contribution in [0.4, 0.5) is 4.39 Å². The van der Waals surface area contributed by atoms with E-state index in [9.17, 15) is 32.6 Å². The van der Waals surface area contributed by atoms with E-state index in [1.807, 2.05) is 0 Å². The van der Waals surface area contributed by atoms with Gasteiger partial charge >= 0.3 is 0 Å². The van der Waals surface area contributed by atoms with Crippen molar-refractivity contribution in [2.45, 2.75) is 29.9 Å². The molecule has 8 nitrogen and oxygen atoms in total. The molecule has 1 amide bonds. The fourth-order valence-corrected chi connectivity index (χ4v) is 4.07. The lowest BCUT2D eigenvalue weighted by Crippen LogP contribution is -2.46. The number of carboxylic acids is 1. The molecule has 2 rings (SSSR count). The predicted octanol–water partition coefficient (Wildman–Crippen LogP) is -1.79. The summed E-state index contributed by atoms with van der Waals surface area (Å²) in [6.07, 6.45) is -1.55. The number of hydrogen-bond donors (Lipinski definition) is 2. The first-order valence-corrected chi connectivity index (χ1v) is 8.59. The largest absolute Gasteiger partial charge is 0.550 e. The standard InChI is InChI=1S/C14H17FN2O6S/c15-9-1-3-11(4-2-9)24(22,23)17-8-10(18)7-12(17)14(21)16-6-5-13(19)20/h1-4,10,12,18H,5-8H2,(H,16,21)(H,19,20)/p-1/t10-,12+/m0/s1. The molecule has 132 valence electrons. The van der Waals surface area contributed by atoms with E-state index in [1.165, 1.54) is 0 Å². The first kappa shape index (κ1) is 18.3. The van der Waals surface area contributed by atoms with Crippen LogP contribution in [0.1, 0.15) is 12.8 Å². The van der Waals surface area contributed by atoms with Crippen molar-refractivity contribution in [3.63, 3.8) is 0 Å². The lowest BCUT2D eigenvalue weighted by molar-refractivity contribution is -0.305. The number of carboxylic acid groups (broad SMARTS) is 1. The van der Waals surface area contributed by atoms with Gasteiger partial charge in [0, 0.05) is 31.9 Å². The van der Waals surface area contributed by atoms with E-state index in [-0.39, 0.29) is 24.4 Å². The number of β-amino-alcohol motifs (C(OH)–C–C–N with tert-alkyl or cyclic N) is 1. The van der Waals surface area contributed by atoms with Gasteiger partial charge in [0.25, 0.3) is 0 Å². The summed E-state index contributed by atoms with van der Waals surface area (Å²) in [5, 5.41) is 22.4. The molecule has 0 unspecified atom stereocenters. The average molecular weight is 359 g/mol. The Morgan fingerprint density at radius 1 is 1.33 bits per heavy atom. The predicted molar refractivity (Wildman–Crippen MR) is 77.3 cm³/mol. The number of sulfonamides is 1. The number of aliphatic hydroxyl groups is 1. The van der Waals surface area contributed by atoms with E-state index >= 15 is 0 Å². The highest BCUT2D eigenvalue weighted by molar-refractivity contribution is 7.89. The number of hydrogen-bond acceptors (Lipinski definition) is 6. The molecule has 1 saturated heterocycles. The molecule has 0 radical (unpaired) electrons. The number of carbonyl (C=O) groups excluding carboxylic acids is 2. The third kappa shape index (κ3) is 4.08. The minimum Gasteiger partial charge on any atom is -0.550 e. The molecule has 1 fully saturated rings. The van der Waals surface area contributed by atoms with Crippen LogP contribution < -0.4 is 10.4 Å². The van der Waals surface area contributed by atoms with E-state index in [0.29, 0.717) is 0 Å². The summed E-state index contributed by atoms with van der Waals surface area (Å²) in [4.78, 5) is 22.3. The van der Waals surface area contributed by atoms with Crippen molar-refractivity contribution in [1.29, 1.82) is 0 Å². The maximum atomic E-state index is 13.0. The molecule has 0 aromatic heterocycles. The first-order chi connectivity index (χ1) is 11.2. The zero-order chi connectivity index (χ0) is 17.9. The second-order valence-corrected chi connectivity index (χ2v) is 7.24. The molecule has 1 aromatic rings. The van der Waals surface area contributed by atoms with Crippen LogP contribution in [0, 0.1) is 5.82 Å². The van der Waals surface area contributed by atoms with Gasteiger partial charge in [0.05, 0.1) is 11.0 Å². The van der Waals surface area contributed by atoms with Crippen molar-refractivity contribution in [1.82, 2.24) is 9.62 Å². The number of amides is 1. The molecule has 1 aromatic carbocycles. The Morgan fingerprint density at radius 2 is 1.96 bits per heavy atom. The summed E-state index contributed by atoms with van der Waals surface area (Å²) in [5.41, 5.74) is 0. The van der Waals surface area contributed by atoms with Crippen LogP contribution in [0.3, 0.4) is 0 Å². The topological polar surface area (TPSA) is 127 Å². The number of carbonyl (C=O) groups is 2. The lowest BCUT2D eigenvalue weighted by Gasteiger charge is -2.23. The van der Waals surface area contributed by atoms with E-state index in [0.717, 1.165) is 28.6 Å². The maximum Gasteiger partial charge on any atom is 0.243 e. The normalized spacial score (nSPS) is 21.6. The average Bonchev–Trinajstić information content (AvgIpc) is 2.90. The molecule has 0 saturated carbocycles. The van der Waals surface area contributed by atoms with E-state index in [1.54, 1.807) is 0 Å². The minimum absolute atomic E-state index is 0.114. The molecule has 2 atom stereocenters. The van der Waals surface area contributed by atoms with Crippen LogP contribution in [-0.4, -0.2) is 54.9 Å². The molecule has 10 heteroatoms. The van der Waals surface area contributed by atoms with Crippen LogP contribution in [0.25, 0.3) is 0 Å². The number of halogens is 1. The van der Waals surface area contributed by atoms with Gasteiger partial charge in [0.1, 0.15) is 11.9 Å². The molecule has 0 bridgehead atoms. The molecule has 1 heterocycles. The van der Waals surface area contributed by atoms with Gasteiger partial charge in [-0.15, -0.1) is 0 Å². The summed E-state index contributed by atoms with van der Waals surface area (Å²) in [5.74, 6) is -2.66. The van der Waals surface area contributed by atoms with Gasteiger partial charge in [0.15, 0.2) is 0 Å². The minimum atomic E-state index is -4.11. The number of nitrogens with one attached hydrogen (secondary N) is 1. The Morgan fingerprint density at radius 3 is 2.54 bits per heavy atom. The Hall–Kier alpha value is -2.04. The SMILES string of the molecule is O=C([O-])CCNC(=O)[C@H]1C[C@H](O)CN1S(=O)(=O)c1ccc(F)cc1. The molecular weight excluding hydrogens is 343 g/mol. The molecule has 2 N–H and O–H groups in total. The number of aliphatic carboxylic acids is 1. The van der Waals surface area contributed by atoms with Crippen molar-refractivity contribution in [2.75, 3.05) is 13.1 Å². The number of aliphatic hydroxyl groups excluding tert-OH is 1.